The van der Waals surface area contributed by atoms with E-state index in [-0.39, 0.29) is 24.4 Å². The Kier molecular flexibility index (Phi) is 20.0. The molecule has 14 nitrogen and oxygen atoms in total. The van der Waals surface area contributed by atoms with Gasteiger partial charge in [-0.1, -0.05) is 0 Å². The summed E-state index contributed by atoms with van der Waals surface area (Å²) in [7, 11) is 0. The van der Waals surface area contributed by atoms with E-state index in [4.69, 9.17) is 66.8 Å². The Labute approximate surface area is 302 Å². The van der Waals surface area contributed by atoms with E-state index in [9.17, 15) is 0 Å². The molecule has 4 heterocycles. The molecule has 288 valence electrons. The van der Waals surface area contributed by atoms with Crippen LogP contribution in [0.15, 0.2) is 24.3 Å². The summed E-state index contributed by atoms with van der Waals surface area (Å²) in [5.41, 5.74) is 3.01. The highest BCUT2D eigenvalue weighted by molar-refractivity contribution is 5.28. The first-order valence-corrected chi connectivity index (χ1v) is 18.1. The van der Waals surface area contributed by atoms with Crippen molar-refractivity contribution in [3.05, 3.63) is 47.0 Å². The zero-order valence-electron chi connectivity index (χ0n) is 30.8. The SMILES string of the molecule is C[C@H]1COCCOCCOC[C@H](C)OCc2cc(OCCCOc3cc4nc(c3)CO[C@@H](C)COCCOCCOC[C@H](C)OC4)cc(n2)CO1. The number of fused-ring (bicyclic) bond motifs is 4. The van der Waals surface area contributed by atoms with Crippen molar-refractivity contribution in [1.82, 2.24) is 9.97 Å². The molecule has 14 heteroatoms. The molecule has 0 unspecified atom stereocenters. The van der Waals surface area contributed by atoms with Gasteiger partial charge in [-0.15, -0.1) is 0 Å². The topological polar surface area (TPSA) is 137 Å². The van der Waals surface area contributed by atoms with Crippen molar-refractivity contribution in [3.8, 4) is 11.5 Å². The summed E-state index contributed by atoms with van der Waals surface area (Å²) in [6, 6.07) is 7.60. The maximum absolute atomic E-state index is 6.17. The molecular formula is C37H58N2O12. The third-order valence-electron chi connectivity index (χ3n) is 7.60. The van der Waals surface area contributed by atoms with E-state index in [2.05, 4.69) is 0 Å². The van der Waals surface area contributed by atoms with Crippen LogP contribution in [-0.4, -0.2) is 127 Å². The molecule has 2 aromatic rings. The molecule has 0 spiro atoms. The van der Waals surface area contributed by atoms with Gasteiger partial charge in [-0.05, 0) is 27.7 Å². The first-order valence-electron chi connectivity index (χ1n) is 18.1. The van der Waals surface area contributed by atoms with Crippen LogP contribution in [0.25, 0.3) is 0 Å². The molecule has 2 aromatic heterocycles. The first kappa shape index (κ1) is 41.3. The number of ether oxygens (including phenoxy) is 12. The van der Waals surface area contributed by atoms with E-state index in [1.165, 1.54) is 0 Å². The van der Waals surface area contributed by atoms with Gasteiger partial charge in [-0.2, -0.15) is 0 Å². The van der Waals surface area contributed by atoms with Gasteiger partial charge < -0.3 is 56.8 Å². The normalized spacial score (nSPS) is 25.0. The lowest BCUT2D eigenvalue weighted by Crippen LogP contribution is -2.21. The van der Waals surface area contributed by atoms with Crippen LogP contribution < -0.4 is 9.47 Å². The highest BCUT2D eigenvalue weighted by atomic mass is 16.6. The average molecular weight is 723 g/mol. The summed E-state index contributed by atoms with van der Waals surface area (Å²) < 4.78 is 70.2. The average Bonchev–Trinajstić information content (AvgIpc) is 3.12. The number of rotatable bonds is 6. The quantitative estimate of drug-likeness (QED) is 0.396. The molecule has 2 aliphatic rings. The number of hydrogen-bond donors (Lipinski definition) is 0. The molecule has 51 heavy (non-hydrogen) atoms. The van der Waals surface area contributed by atoms with Gasteiger partial charge in [0.25, 0.3) is 0 Å². The Bertz CT molecular complexity index is 1060. The molecule has 0 amide bonds. The van der Waals surface area contributed by atoms with Gasteiger partial charge >= 0.3 is 0 Å². The number of nitrogens with zero attached hydrogens (tertiary/aromatic N) is 2. The maximum Gasteiger partial charge on any atom is 0.123 e. The lowest BCUT2D eigenvalue weighted by molar-refractivity contribution is -0.0481. The summed E-state index contributed by atoms with van der Waals surface area (Å²) in [5.74, 6) is 1.39. The van der Waals surface area contributed by atoms with Crippen molar-refractivity contribution in [2.45, 2.75) is 85.0 Å². The van der Waals surface area contributed by atoms with Crippen LogP contribution in [0.3, 0.4) is 0 Å². The van der Waals surface area contributed by atoms with Gasteiger partial charge in [0.2, 0.25) is 0 Å². The minimum absolute atomic E-state index is 0.109. The van der Waals surface area contributed by atoms with E-state index < -0.39 is 0 Å². The van der Waals surface area contributed by atoms with Crippen LogP contribution in [0, 0.1) is 0 Å². The van der Waals surface area contributed by atoms with Gasteiger partial charge in [0.1, 0.15) is 11.5 Å². The minimum atomic E-state index is -0.109. The highest BCUT2D eigenvalue weighted by Gasteiger charge is 2.13. The lowest BCUT2D eigenvalue weighted by atomic mass is 10.2. The molecule has 0 aliphatic carbocycles. The van der Waals surface area contributed by atoms with Crippen molar-refractivity contribution < 1.29 is 56.8 Å². The summed E-state index contributed by atoms with van der Waals surface area (Å²) in [6.45, 7) is 15.9. The fourth-order valence-corrected chi connectivity index (χ4v) is 4.92. The first-order chi connectivity index (χ1) is 24.9. The van der Waals surface area contributed by atoms with Crippen LogP contribution in [0.4, 0.5) is 0 Å². The molecular weight excluding hydrogens is 664 g/mol. The molecule has 0 aromatic carbocycles. The minimum Gasteiger partial charge on any atom is -0.493 e. The fourth-order valence-electron chi connectivity index (χ4n) is 4.92. The molecule has 4 atom stereocenters. The molecule has 2 aliphatic heterocycles. The van der Waals surface area contributed by atoms with Crippen molar-refractivity contribution in [1.29, 1.82) is 0 Å². The number of aromatic nitrogens is 2. The Hall–Kier alpha value is -2.50. The van der Waals surface area contributed by atoms with Crippen molar-refractivity contribution in [2.75, 3.05) is 92.5 Å². The van der Waals surface area contributed by atoms with Crippen molar-refractivity contribution in [3.63, 3.8) is 0 Å². The van der Waals surface area contributed by atoms with E-state index >= 15 is 0 Å². The van der Waals surface area contributed by atoms with E-state index in [0.717, 1.165) is 22.8 Å². The fraction of sp³-hybridized carbons (Fsp3) is 0.730. The Morgan fingerprint density at radius 2 is 0.725 bits per heavy atom. The second-order valence-electron chi connectivity index (χ2n) is 12.6. The van der Waals surface area contributed by atoms with Crippen molar-refractivity contribution in [2.24, 2.45) is 0 Å². The molecule has 4 bridgehead atoms. The lowest BCUT2D eigenvalue weighted by Gasteiger charge is -2.17. The van der Waals surface area contributed by atoms with Gasteiger partial charge in [-0.3, -0.25) is 9.97 Å². The van der Waals surface area contributed by atoms with Crippen LogP contribution >= 0.6 is 0 Å². The highest BCUT2D eigenvalue weighted by Crippen LogP contribution is 2.20. The van der Waals surface area contributed by atoms with Crippen LogP contribution in [-0.2, 0) is 73.8 Å². The van der Waals surface area contributed by atoms with Gasteiger partial charge in [0, 0.05) is 30.7 Å². The smallest absolute Gasteiger partial charge is 0.123 e. The van der Waals surface area contributed by atoms with E-state index in [0.29, 0.717) is 137 Å². The van der Waals surface area contributed by atoms with Gasteiger partial charge in [-0.25, -0.2) is 0 Å². The predicted molar refractivity (Wildman–Crippen MR) is 186 cm³/mol. The molecule has 0 N–H and O–H groups in total. The zero-order chi connectivity index (χ0) is 35.9. The van der Waals surface area contributed by atoms with E-state index in [1.54, 1.807) is 0 Å². The zero-order valence-corrected chi connectivity index (χ0v) is 30.8. The number of hydrogen-bond acceptors (Lipinski definition) is 14. The molecule has 0 fully saturated rings. The third kappa shape index (κ3) is 18.2. The van der Waals surface area contributed by atoms with Crippen LogP contribution in [0.1, 0.15) is 56.9 Å². The molecule has 4 rings (SSSR count). The largest absolute Gasteiger partial charge is 0.493 e. The van der Waals surface area contributed by atoms with Gasteiger partial charge in [0.05, 0.1) is 166 Å². The summed E-state index contributed by atoms with van der Waals surface area (Å²) in [5, 5.41) is 0. The summed E-state index contributed by atoms with van der Waals surface area (Å²) in [6.07, 6.45) is 0.216. The summed E-state index contributed by atoms with van der Waals surface area (Å²) in [4.78, 5) is 9.50. The second-order valence-corrected chi connectivity index (χ2v) is 12.6. The van der Waals surface area contributed by atoms with Crippen molar-refractivity contribution >= 4 is 0 Å². The third-order valence-corrected chi connectivity index (χ3v) is 7.60. The maximum atomic E-state index is 6.17. The number of pyridine rings is 2. The molecule has 0 saturated heterocycles. The summed E-state index contributed by atoms with van der Waals surface area (Å²) >= 11 is 0. The van der Waals surface area contributed by atoms with Gasteiger partial charge in [0.15, 0.2) is 0 Å². The Morgan fingerprint density at radius 3 is 1.02 bits per heavy atom. The second kappa shape index (κ2) is 24.7. The molecule has 0 radical (unpaired) electrons. The van der Waals surface area contributed by atoms with E-state index in [1.807, 2.05) is 52.0 Å². The predicted octanol–water partition coefficient (Wildman–Crippen LogP) is 4.07. The van der Waals surface area contributed by atoms with Crippen LogP contribution in [0.2, 0.25) is 0 Å². The Morgan fingerprint density at radius 1 is 0.451 bits per heavy atom. The molecule has 0 saturated carbocycles. The van der Waals surface area contributed by atoms with Crippen LogP contribution in [0.5, 0.6) is 11.5 Å². The standard InChI is InChI=1S/C37H58N2O12/c1-28-20-42-12-8-40-9-13-43-21-29(2)49-25-33-17-36(16-32(38-33)24-48-28)46-6-5-7-47-37-18-34-26-50-30(3)22-44-14-10-41-11-15-45-23-31(4)51-27-35(19-37)39-34/h16-19,28-31H,5-15,20-27H2,1-4H3/t28-,29-,30-,31-/m0/s1. The Balaban J connectivity index is 1.31. The monoisotopic (exact) mass is 722 g/mol.